The van der Waals surface area contributed by atoms with Crippen molar-refractivity contribution in [2.45, 2.75) is 71.6 Å². The Hall–Kier alpha value is -2.29. The lowest BCUT2D eigenvalue weighted by atomic mass is 9.75. The molecule has 2 aromatic carbocycles. The van der Waals surface area contributed by atoms with Gasteiger partial charge >= 0.3 is 0 Å². The van der Waals surface area contributed by atoms with Crippen LogP contribution in [0.3, 0.4) is 0 Å². The van der Waals surface area contributed by atoms with Crippen molar-refractivity contribution in [2.75, 3.05) is 13.2 Å². The van der Waals surface area contributed by atoms with E-state index in [1.54, 1.807) is 0 Å². The third kappa shape index (κ3) is 6.85. The van der Waals surface area contributed by atoms with Gasteiger partial charge in [-0.05, 0) is 61.8 Å². The molecule has 2 atom stereocenters. The first-order chi connectivity index (χ1) is 15.2. The monoisotopic (exact) mass is 422 g/mol. The van der Waals surface area contributed by atoms with Crippen LogP contribution in [-0.4, -0.2) is 19.0 Å². The SMILES string of the molecule is CCCCOc1ccccc1CC1CCCC(Cc2ccccc2OCCCC)C1=O. The molecule has 1 saturated carbocycles. The first-order valence-corrected chi connectivity index (χ1v) is 12.2. The van der Waals surface area contributed by atoms with Crippen molar-refractivity contribution in [2.24, 2.45) is 11.8 Å². The molecule has 0 saturated heterocycles. The zero-order valence-corrected chi connectivity index (χ0v) is 19.3. The Balaban J connectivity index is 1.65. The van der Waals surface area contributed by atoms with E-state index in [0.717, 1.165) is 82.5 Å². The summed E-state index contributed by atoms with van der Waals surface area (Å²) in [5.74, 6) is 2.48. The fourth-order valence-electron chi connectivity index (χ4n) is 4.44. The summed E-state index contributed by atoms with van der Waals surface area (Å²) >= 11 is 0. The fourth-order valence-corrected chi connectivity index (χ4v) is 4.44. The minimum Gasteiger partial charge on any atom is -0.493 e. The molecule has 0 N–H and O–H groups in total. The summed E-state index contributed by atoms with van der Waals surface area (Å²) in [5.41, 5.74) is 2.34. The first-order valence-electron chi connectivity index (χ1n) is 12.2. The van der Waals surface area contributed by atoms with Gasteiger partial charge in [-0.25, -0.2) is 0 Å². The van der Waals surface area contributed by atoms with E-state index in [1.165, 1.54) is 11.1 Å². The molecular formula is C28H38O3. The van der Waals surface area contributed by atoms with Crippen molar-refractivity contribution in [3.8, 4) is 11.5 Å². The molecule has 3 rings (SSSR count). The molecule has 2 aromatic rings. The Morgan fingerprint density at radius 1 is 0.742 bits per heavy atom. The van der Waals surface area contributed by atoms with Crippen LogP contribution < -0.4 is 9.47 Å². The number of Topliss-reactive ketones (excluding diaryl/α,β-unsaturated/α-hetero) is 1. The van der Waals surface area contributed by atoms with E-state index in [4.69, 9.17) is 9.47 Å². The zero-order chi connectivity index (χ0) is 21.9. The van der Waals surface area contributed by atoms with E-state index in [1.807, 2.05) is 24.3 Å². The number of para-hydroxylation sites is 2. The maximum atomic E-state index is 13.4. The molecule has 0 spiro atoms. The maximum absolute atomic E-state index is 13.4. The van der Waals surface area contributed by atoms with E-state index in [0.29, 0.717) is 5.78 Å². The highest BCUT2D eigenvalue weighted by Gasteiger charge is 2.32. The lowest BCUT2D eigenvalue weighted by Gasteiger charge is -2.29. The Bertz CT molecular complexity index is 748. The van der Waals surface area contributed by atoms with Crippen LogP contribution in [0, 0.1) is 11.8 Å². The van der Waals surface area contributed by atoms with Crippen LogP contribution in [0.2, 0.25) is 0 Å². The fraction of sp³-hybridized carbons (Fsp3) is 0.536. The normalized spacial score (nSPS) is 18.7. The van der Waals surface area contributed by atoms with Crippen LogP contribution in [-0.2, 0) is 17.6 Å². The van der Waals surface area contributed by atoms with Crippen molar-refractivity contribution in [3.05, 3.63) is 59.7 Å². The number of rotatable bonds is 12. The number of ketones is 1. The zero-order valence-electron chi connectivity index (χ0n) is 19.3. The largest absolute Gasteiger partial charge is 0.493 e. The highest BCUT2D eigenvalue weighted by Crippen LogP contribution is 2.34. The summed E-state index contributed by atoms with van der Waals surface area (Å²) in [6, 6.07) is 16.5. The number of ether oxygens (including phenoxy) is 2. The van der Waals surface area contributed by atoms with Crippen LogP contribution in [0.5, 0.6) is 11.5 Å². The van der Waals surface area contributed by atoms with E-state index >= 15 is 0 Å². The summed E-state index contributed by atoms with van der Waals surface area (Å²) in [6.45, 7) is 5.82. The predicted octanol–water partition coefficient (Wildman–Crippen LogP) is 6.82. The van der Waals surface area contributed by atoms with Gasteiger partial charge < -0.3 is 9.47 Å². The van der Waals surface area contributed by atoms with Crippen LogP contribution in [0.1, 0.15) is 69.9 Å². The third-order valence-corrected chi connectivity index (χ3v) is 6.30. The van der Waals surface area contributed by atoms with Crippen molar-refractivity contribution in [1.82, 2.24) is 0 Å². The first kappa shape index (κ1) is 23.4. The topological polar surface area (TPSA) is 35.5 Å². The number of benzene rings is 2. The van der Waals surface area contributed by atoms with Crippen molar-refractivity contribution in [3.63, 3.8) is 0 Å². The highest BCUT2D eigenvalue weighted by molar-refractivity contribution is 5.84. The highest BCUT2D eigenvalue weighted by atomic mass is 16.5. The van der Waals surface area contributed by atoms with E-state index in [-0.39, 0.29) is 11.8 Å². The van der Waals surface area contributed by atoms with E-state index in [9.17, 15) is 4.79 Å². The molecule has 0 amide bonds. The molecule has 0 aliphatic heterocycles. The second kappa shape index (κ2) is 12.5. The summed E-state index contributed by atoms with van der Waals surface area (Å²) < 4.78 is 12.0. The van der Waals surface area contributed by atoms with Crippen molar-refractivity contribution in [1.29, 1.82) is 0 Å². The standard InChI is InChI=1S/C28H38O3/c1-3-5-18-30-26-16-9-7-12-22(26)20-24-14-11-15-25(28(24)29)21-23-13-8-10-17-27(23)31-19-6-4-2/h7-10,12-13,16-17,24-25H,3-6,11,14-15,18-21H2,1-2H3. The van der Waals surface area contributed by atoms with Crippen LogP contribution in [0.4, 0.5) is 0 Å². The predicted molar refractivity (Wildman–Crippen MR) is 127 cm³/mol. The molecule has 0 radical (unpaired) electrons. The Morgan fingerprint density at radius 2 is 1.19 bits per heavy atom. The summed E-state index contributed by atoms with van der Waals surface area (Å²) in [6.07, 6.45) is 8.98. The van der Waals surface area contributed by atoms with Gasteiger partial charge in [0.15, 0.2) is 0 Å². The Labute approximate surface area is 188 Å². The van der Waals surface area contributed by atoms with Gasteiger partial charge in [0.05, 0.1) is 13.2 Å². The van der Waals surface area contributed by atoms with Crippen LogP contribution in [0.15, 0.2) is 48.5 Å². The van der Waals surface area contributed by atoms with Gasteiger partial charge in [0.1, 0.15) is 17.3 Å². The maximum Gasteiger partial charge on any atom is 0.139 e. The van der Waals surface area contributed by atoms with Gasteiger partial charge in [-0.3, -0.25) is 4.79 Å². The minimum atomic E-state index is 0.0860. The number of carbonyl (C=O) groups excluding carboxylic acids is 1. The van der Waals surface area contributed by atoms with Gasteiger partial charge in [0, 0.05) is 11.8 Å². The van der Waals surface area contributed by atoms with Gasteiger partial charge in [-0.1, -0.05) is 69.5 Å². The molecule has 1 fully saturated rings. The molecule has 1 aliphatic rings. The second-order valence-electron chi connectivity index (χ2n) is 8.75. The molecule has 0 bridgehead atoms. The molecule has 3 nitrogen and oxygen atoms in total. The molecule has 3 heteroatoms. The molecule has 31 heavy (non-hydrogen) atoms. The Kier molecular flexibility index (Phi) is 9.45. The molecule has 1 aliphatic carbocycles. The van der Waals surface area contributed by atoms with Gasteiger partial charge in [0.2, 0.25) is 0 Å². The molecular weight excluding hydrogens is 384 g/mol. The minimum absolute atomic E-state index is 0.0860. The van der Waals surface area contributed by atoms with Gasteiger partial charge in [0.25, 0.3) is 0 Å². The number of hydrogen-bond donors (Lipinski definition) is 0. The van der Waals surface area contributed by atoms with E-state index in [2.05, 4.69) is 38.1 Å². The number of unbranched alkanes of at least 4 members (excludes halogenated alkanes) is 2. The van der Waals surface area contributed by atoms with Gasteiger partial charge in [-0.2, -0.15) is 0 Å². The lowest BCUT2D eigenvalue weighted by Crippen LogP contribution is -2.31. The second-order valence-corrected chi connectivity index (χ2v) is 8.75. The quantitative estimate of drug-likeness (QED) is 0.352. The summed E-state index contributed by atoms with van der Waals surface area (Å²) in [4.78, 5) is 13.4. The average molecular weight is 423 g/mol. The molecule has 2 unspecified atom stereocenters. The van der Waals surface area contributed by atoms with E-state index < -0.39 is 0 Å². The average Bonchev–Trinajstić information content (AvgIpc) is 2.79. The van der Waals surface area contributed by atoms with Gasteiger partial charge in [-0.15, -0.1) is 0 Å². The van der Waals surface area contributed by atoms with Crippen LogP contribution in [0.25, 0.3) is 0 Å². The third-order valence-electron chi connectivity index (χ3n) is 6.30. The number of carbonyl (C=O) groups is 1. The van der Waals surface area contributed by atoms with Crippen molar-refractivity contribution < 1.29 is 14.3 Å². The molecule has 168 valence electrons. The molecule has 0 aromatic heterocycles. The smallest absolute Gasteiger partial charge is 0.139 e. The summed E-state index contributed by atoms with van der Waals surface area (Å²) in [5, 5.41) is 0. The van der Waals surface area contributed by atoms with Crippen molar-refractivity contribution >= 4 is 5.78 Å². The summed E-state index contributed by atoms with van der Waals surface area (Å²) in [7, 11) is 0. The number of hydrogen-bond acceptors (Lipinski definition) is 3. The Morgan fingerprint density at radius 3 is 1.65 bits per heavy atom. The molecule has 0 heterocycles. The lowest BCUT2D eigenvalue weighted by molar-refractivity contribution is -0.129. The van der Waals surface area contributed by atoms with Crippen LogP contribution >= 0.6 is 0 Å².